The molecule has 0 spiro atoms. The molecule has 1 aromatic rings. The fourth-order valence-electron chi connectivity index (χ4n) is 1.91. The zero-order valence-electron chi connectivity index (χ0n) is 15.4. The molecule has 154 valence electrons. The molecule has 0 aromatic carbocycles. The van der Waals surface area contributed by atoms with Gasteiger partial charge in [0.05, 0.1) is 26.4 Å². The predicted molar refractivity (Wildman–Crippen MR) is 92.4 cm³/mol. The molecular formula is C17H27NO9. The fraction of sp³-hybridized carbons (Fsp3) is 0.647. The Bertz CT molecular complexity index is 539. The second-order valence-electron chi connectivity index (χ2n) is 5.44. The van der Waals surface area contributed by atoms with Gasteiger partial charge in [-0.15, -0.1) is 4.73 Å². The molecule has 1 aromatic heterocycles. The molecular weight excluding hydrogens is 362 g/mol. The Hall–Kier alpha value is -2.46. The van der Waals surface area contributed by atoms with Crippen LogP contribution in [0.3, 0.4) is 0 Å². The van der Waals surface area contributed by atoms with Gasteiger partial charge in [0.15, 0.2) is 0 Å². The van der Waals surface area contributed by atoms with Gasteiger partial charge in [0, 0.05) is 18.6 Å². The Morgan fingerprint density at radius 1 is 0.889 bits per heavy atom. The van der Waals surface area contributed by atoms with Crippen molar-refractivity contribution in [3.05, 3.63) is 12.1 Å². The molecule has 0 atom stereocenters. The zero-order valence-corrected chi connectivity index (χ0v) is 15.4. The largest absolute Gasteiger partial charge is 0.534 e. The summed E-state index contributed by atoms with van der Waals surface area (Å²) in [7, 11) is 0. The topological polar surface area (TPSA) is 126 Å². The maximum Gasteiger partial charge on any atom is 0.534 e. The third-order valence-electron chi connectivity index (χ3n) is 3.26. The molecule has 0 saturated carbocycles. The first-order chi connectivity index (χ1) is 13.0. The van der Waals surface area contributed by atoms with Crippen molar-refractivity contribution >= 4 is 12.1 Å². The lowest BCUT2D eigenvalue weighted by atomic mass is 10.2. The van der Waals surface area contributed by atoms with Crippen LogP contribution in [-0.2, 0) is 23.7 Å². The average Bonchev–Trinajstić information content (AvgIpc) is 2.95. The van der Waals surface area contributed by atoms with Gasteiger partial charge in [0.25, 0.3) is 0 Å². The highest BCUT2D eigenvalue weighted by atomic mass is 16.8. The summed E-state index contributed by atoms with van der Waals surface area (Å²) in [4.78, 5) is 27.3. The van der Waals surface area contributed by atoms with Crippen molar-refractivity contribution in [2.24, 2.45) is 0 Å². The van der Waals surface area contributed by atoms with E-state index in [-0.39, 0.29) is 39.0 Å². The summed E-state index contributed by atoms with van der Waals surface area (Å²) >= 11 is 0. The standard InChI is InChI=1S/C17H27NO9/c1-2-3-4-5-16(21)25-12-10-23-8-9-24-11-13-26-17(22)27-18-14(19)6-7-15(18)20/h6-7,19-20H,2-5,8-13H2,1H3. The Labute approximate surface area is 157 Å². The Morgan fingerprint density at radius 2 is 1.44 bits per heavy atom. The zero-order chi connectivity index (χ0) is 19.9. The molecule has 0 aliphatic heterocycles. The van der Waals surface area contributed by atoms with E-state index in [2.05, 4.69) is 11.8 Å². The van der Waals surface area contributed by atoms with Gasteiger partial charge in [-0.1, -0.05) is 19.8 Å². The summed E-state index contributed by atoms with van der Waals surface area (Å²) in [5.74, 6) is -1.09. The molecule has 0 fully saturated rings. The summed E-state index contributed by atoms with van der Waals surface area (Å²) in [5, 5.41) is 18.6. The fourth-order valence-corrected chi connectivity index (χ4v) is 1.91. The lowest BCUT2D eigenvalue weighted by Crippen LogP contribution is -2.22. The molecule has 0 amide bonds. The number of carbonyl (C=O) groups is 2. The van der Waals surface area contributed by atoms with Crippen molar-refractivity contribution in [3.63, 3.8) is 0 Å². The quantitative estimate of drug-likeness (QED) is 0.360. The minimum atomic E-state index is -1.10. The molecule has 0 radical (unpaired) electrons. The monoisotopic (exact) mass is 389 g/mol. The summed E-state index contributed by atoms with van der Waals surface area (Å²) in [6.45, 7) is 3.20. The van der Waals surface area contributed by atoms with Crippen LogP contribution in [0.25, 0.3) is 0 Å². The van der Waals surface area contributed by atoms with Crippen molar-refractivity contribution in [3.8, 4) is 11.8 Å². The van der Waals surface area contributed by atoms with E-state index >= 15 is 0 Å². The van der Waals surface area contributed by atoms with Crippen molar-refractivity contribution in [2.45, 2.75) is 32.6 Å². The van der Waals surface area contributed by atoms with Crippen LogP contribution in [0.5, 0.6) is 11.8 Å². The molecule has 0 aliphatic rings. The molecule has 0 saturated heterocycles. The van der Waals surface area contributed by atoms with Gasteiger partial charge >= 0.3 is 12.1 Å². The van der Waals surface area contributed by atoms with E-state index in [9.17, 15) is 19.8 Å². The molecule has 1 heterocycles. The number of hydrogen-bond acceptors (Lipinski definition) is 9. The van der Waals surface area contributed by atoms with Crippen LogP contribution in [0.15, 0.2) is 12.1 Å². The molecule has 10 heteroatoms. The van der Waals surface area contributed by atoms with Gasteiger partial charge in [-0.2, -0.15) is 0 Å². The first kappa shape index (κ1) is 22.6. The molecule has 0 unspecified atom stereocenters. The summed E-state index contributed by atoms with van der Waals surface area (Å²) < 4.78 is 20.7. The van der Waals surface area contributed by atoms with E-state index in [1.165, 1.54) is 0 Å². The van der Waals surface area contributed by atoms with Crippen molar-refractivity contribution in [2.75, 3.05) is 39.6 Å². The van der Waals surface area contributed by atoms with Crippen molar-refractivity contribution in [1.82, 2.24) is 4.73 Å². The highest BCUT2D eigenvalue weighted by Crippen LogP contribution is 2.18. The number of rotatable bonds is 14. The maximum atomic E-state index is 11.4. The van der Waals surface area contributed by atoms with E-state index in [0.717, 1.165) is 31.4 Å². The summed E-state index contributed by atoms with van der Waals surface area (Å²) in [5.41, 5.74) is 0. The van der Waals surface area contributed by atoms with Gasteiger partial charge < -0.3 is 29.2 Å². The summed E-state index contributed by atoms with van der Waals surface area (Å²) in [6, 6.07) is 2.30. The average molecular weight is 389 g/mol. The van der Waals surface area contributed by atoms with Crippen LogP contribution in [0.4, 0.5) is 4.79 Å². The van der Waals surface area contributed by atoms with Crippen LogP contribution >= 0.6 is 0 Å². The first-order valence-corrected chi connectivity index (χ1v) is 8.80. The van der Waals surface area contributed by atoms with Gasteiger partial charge in [-0.3, -0.25) is 9.63 Å². The normalized spacial score (nSPS) is 10.6. The number of carbonyl (C=O) groups excluding carboxylic acids is 2. The van der Waals surface area contributed by atoms with Gasteiger partial charge in [0.2, 0.25) is 11.8 Å². The van der Waals surface area contributed by atoms with E-state index in [1.54, 1.807) is 0 Å². The third-order valence-corrected chi connectivity index (χ3v) is 3.26. The number of esters is 1. The van der Waals surface area contributed by atoms with Crippen molar-refractivity contribution in [1.29, 1.82) is 0 Å². The number of hydrogen-bond donors (Lipinski definition) is 2. The van der Waals surface area contributed by atoms with Crippen LogP contribution in [0, 0.1) is 0 Å². The van der Waals surface area contributed by atoms with Crippen LogP contribution in [-0.4, -0.2) is 66.7 Å². The van der Waals surface area contributed by atoms with E-state index in [4.69, 9.17) is 18.9 Å². The molecule has 27 heavy (non-hydrogen) atoms. The minimum absolute atomic E-state index is 0.0724. The minimum Gasteiger partial charge on any atom is -0.492 e. The summed E-state index contributed by atoms with van der Waals surface area (Å²) in [6.07, 6.45) is 2.25. The van der Waals surface area contributed by atoms with E-state index in [0.29, 0.717) is 17.8 Å². The first-order valence-electron chi connectivity index (χ1n) is 8.80. The number of unbranched alkanes of at least 4 members (excludes halogenated alkanes) is 2. The van der Waals surface area contributed by atoms with E-state index < -0.39 is 17.9 Å². The van der Waals surface area contributed by atoms with Crippen molar-refractivity contribution < 1.29 is 43.6 Å². The molecule has 0 aliphatic carbocycles. The second kappa shape index (κ2) is 13.7. The number of nitrogens with zero attached hydrogens (tertiary/aromatic N) is 1. The second-order valence-corrected chi connectivity index (χ2v) is 5.44. The van der Waals surface area contributed by atoms with Gasteiger partial charge in [-0.25, -0.2) is 4.79 Å². The Kier molecular flexibility index (Phi) is 11.5. The van der Waals surface area contributed by atoms with Crippen LogP contribution in [0.2, 0.25) is 0 Å². The third kappa shape index (κ3) is 10.3. The molecule has 2 N–H and O–H groups in total. The predicted octanol–water partition coefficient (Wildman–Crippen LogP) is 1.62. The molecule has 0 bridgehead atoms. The highest BCUT2D eigenvalue weighted by Gasteiger charge is 2.12. The van der Waals surface area contributed by atoms with E-state index in [1.807, 2.05) is 0 Å². The Morgan fingerprint density at radius 3 is 2.04 bits per heavy atom. The molecule has 1 rings (SSSR count). The number of aromatic hydroxyl groups is 2. The number of aromatic nitrogens is 1. The van der Waals surface area contributed by atoms with Gasteiger partial charge in [0.1, 0.15) is 13.2 Å². The van der Waals surface area contributed by atoms with Crippen LogP contribution in [0.1, 0.15) is 32.6 Å². The smallest absolute Gasteiger partial charge is 0.492 e. The Balaban J connectivity index is 1.90. The van der Waals surface area contributed by atoms with Crippen LogP contribution < -0.4 is 4.84 Å². The maximum absolute atomic E-state index is 11.4. The highest BCUT2D eigenvalue weighted by molar-refractivity contribution is 5.69. The lowest BCUT2D eigenvalue weighted by Gasteiger charge is -2.08. The molecule has 10 nitrogen and oxygen atoms in total. The number of ether oxygens (including phenoxy) is 4. The lowest BCUT2D eigenvalue weighted by molar-refractivity contribution is -0.145. The SMILES string of the molecule is CCCCCC(=O)OCCOCCOCCOC(=O)On1c(O)ccc1O. The van der Waals surface area contributed by atoms with Gasteiger partial charge in [-0.05, 0) is 6.42 Å².